The standard InChI is InChI=1S/C27H41NO11/c1-8-17(5)36-26(31)38-22-11-10-20(13-23(22)39-27(32)37-18(6)9-2)12-21(28)24(29)35-19(7)15-34-25(30)33-14-16(3)4/h10-11,13,16-19,21H,8-9,12,14-15,28H2,1-7H3/t17?,18?,19-,21-/m0/s1. The molecule has 0 saturated carbocycles. The fourth-order valence-corrected chi connectivity index (χ4v) is 2.69. The van der Waals surface area contributed by atoms with Gasteiger partial charge in [-0.3, -0.25) is 4.79 Å². The van der Waals surface area contributed by atoms with E-state index < -0.39 is 42.7 Å². The first kappa shape index (κ1) is 33.5. The molecule has 0 aliphatic carbocycles. The highest BCUT2D eigenvalue weighted by Crippen LogP contribution is 2.30. The predicted molar refractivity (Wildman–Crippen MR) is 140 cm³/mol. The maximum absolute atomic E-state index is 12.5. The summed E-state index contributed by atoms with van der Waals surface area (Å²) in [6.07, 6.45) is -3.21. The molecule has 4 atom stereocenters. The van der Waals surface area contributed by atoms with Crippen LogP contribution in [0.3, 0.4) is 0 Å². The van der Waals surface area contributed by atoms with Crippen molar-refractivity contribution in [2.75, 3.05) is 13.2 Å². The Morgan fingerprint density at radius 1 is 0.718 bits per heavy atom. The molecule has 0 fully saturated rings. The summed E-state index contributed by atoms with van der Waals surface area (Å²) in [4.78, 5) is 48.4. The number of hydrogen-bond acceptors (Lipinski definition) is 12. The number of esters is 1. The van der Waals surface area contributed by atoms with Crippen molar-refractivity contribution in [2.24, 2.45) is 11.7 Å². The van der Waals surface area contributed by atoms with E-state index in [0.717, 1.165) is 0 Å². The van der Waals surface area contributed by atoms with Gasteiger partial charge >= 0.3 is 24.4 Å². The first-order valence-electron chi connectivity index (χ1n) is 13.0. The van der Waals surface area contributed by atoms with E-state index in [9.17, 15) is 19.2 Å². The summed E-state index contributed by atoms with van der Waals surface area (Å²) in [7, 11) is 0. The summed E-state index contributed by atoms with van der Waals surface area (Å²) < 4.78 is 35.8. The van der Waals surface area contributed by atoms with Crippen molar-refractivity contribution >= 4 is 24.4 Å². The normalized spacial score (nSPS) is 13.9. The van der Waals surface area contributed by atoms with Crippen molar-refractivity contribution in [1.29, 1.82) is 0 Å². The lowest BCUT2D eigenvalue weighted by molar-refractivity contribution is -0.152. The highest BCUT2D eigenvalue weighted by atomic mass is 16.8. The molecule has 0 saturated heterocycles. The van der Waals surface area contributed by atoms with E-state index in [-0.39, 0.29) is 43.2 Å². The quantitative estimate of drug-likeness (QED) is 0.188. The SMILES string of the molecule is CCC(C)OC(=O)Oc1ccc(C[C@H](N)C(=O)O[C@@H](C)COC(=O)OCC(C)C)cc1OC(=O)OC(C)CC. The topological polar surface area (TPSA) is 159 Å². The molecule has 2 N–H and O–H groups in total. The Balaban J connectivity index is 2.86. The molecular weight excluding hydrogens is 514 g/mol. The number of hydrogen-bond donors (Lipinski definition) is 1. The molecule has 0 aromatic heterocycles. The zero-order valence-electron chi connectivity index (χ0n) is 23.7. The van der Waals surface area contributed by atoms with E-state index in [4.69, 9.17) is 38.9 Å². The summed E-state index contributed by atoms with van der Waals surface area (Å²) in [5, 5.41) is 0. The number of ether oxygens (including phenoxy) is 7. The average molecular weight is 556 g/mol. The van der Waals surface area contributed by atoms with Crippen molar-refractivity contribution in [3.05, 3.63) is 23.8 Å². The van der Waals surface area contributed by atoms with Crippen molar-refractivity contribution in [3.8, 4) is 11.5 Å². The lowest BCUT2D eigenvalue weighted by Crippen LogP contribution is -2.37. The van der Waals surface area contributed by atoms with Gasteiger partial charge in [0.25, 0.3) is 0 Å². The molecule has 39 heavy (non-hydrogen) atoms. The van der Waals surface area contributed by atoms with Crippen LogP contribution in [-0.2, 0) is 34.9 Å². The van der Waals surface area contributed by atoms with E-state index in [1.54, 1.807) is 26.8 Å². The van der Waals surface area contributed by atoms with Crippen LogP contribution in [0.1, 0.15) is 66.9 Å². The molecule has 1 rings (SSSR count). The molecule has 1 aromatic carbocycles. The smallest absolute Gasteiger partial charge is 0.458 e. The Morgan fingerprint density at radius 3 is 1.79 bits per heavy atom. The Hall–Kier alpha value is -3.54. The maximum Gasteiger partial charge on any atom is 0.514 e. The van der Waals surface area contributed by atoms with Gasteiger partial charge < -0.3 is 38.9 Å². The van der Waals surface area contributed by atoms with E-state index >= 15 is 0 Å². The van der Waals surface area contributed by atoms with Crippen LogP contribution in [0.25, 0.3) is 0 Å². The van der Waals surface area contributed by atoms with E-state index in [0.29, 0.717) is 18.4 Å². The van der Waals surface area contributed by atoms with Gasteiger partial charge in [-0.25, -0.2) is 14.4 Å². The molecule has 12 nitrogen and oxygen atoms in total. The Labute approximate surface area is 229 Å². The largest absolute Gasteiger partial charge is 0.514 e. The van der Waals surface area contributed by atoms with Crippen LogP contribution >= 0.6 is 0 Å². The maximum atomic E-state index is 12.5. The summed E-state index contributed by atoms with van der Waals surface area (Å²) >= 11 is 0. The van der Waals surface area contributed by atoms with Crippen LogP contribution in [0.2, 0.25) is 0 Å². The molecule has 220 valence electrons. The third-order valence-electron chi connectivity index (χ3n) is 5.19. The molecule has 2 unspecified atom stereocenters. The zero-order valence-corrected chi connectivity index (χ0v) is 23.7. The lowest BCUT2D eigenvalue weighted by Gasteiger charge is -2.18. The molecule has 0 radical (unpaired) electrons. The fourth-order valence-electron chi connectivity index (χ4n) is 2.69. The van der Waals surface area contributed by atoms with Gasteiger partial charge in [0.05, 0.1) is 6.61 Å². The van der Waals surface area contributed by atoms with Gasteiger partial charge in [-0.15, -0.1) is 0 Å². The van der Waals surface area contributed by atoms with Gasteiger partial charge in [0.15, 0.2) is 11.5 Å². The van der Waals surface area contributed by atoms with Gasteiger partial charge in [-0.2, -0.15) is 0 Å². The molecular formula is C27H41NO11. The highest BCUT2D eigenvalue weighted by Gasteiger charge is 2.23. The van der Waals surface area contributed by atoms with Crippen molar-refractivity contribution < 1.29 is 52.3 Å². The third-order valence-corrected chi connectivity index (χ3v) is 5.19. The first-order chi connectivity index (χ1) is 18.3. The monoisotopic (exact) mass is 555 g/mol. The summed E-state index contributed by atoms with van der Waals surface area (Å²) in [6.45, 7) is 12.4. The van der Waals surface area contributed by atoms with Crippen LogP contribution in [-0.4, -0.2) is 62.0 Å². The molecule has 0 spiro atoms. The van der Waals surface area contributed by atoms with E-state index in [1.807, 2.05) is 27.7 Å². The summed E-state index contributed by atoms with van der Waals surface area (Å²) in [6, 6.07) is 3.23. The molecule has 0 aliphatic rings. The minimum absolute atomic E-state index is 0.00277. The molecule has 0 bridgehead atoms. The number of carbonyl (C=O) groups excluding carboxylic acids is 4. The van der Waals surface area contributed by atoms with Crippen molar-refractivity contribution in [2.45, 2.75) is 92.1 Å². The molecule has 0 aliphatic heterocycles. The first-order valence-corrected chi connectivity index (χ1v) is 13.0. The minimum Gasteiger partial charge on any atom is -0.458 e. The van der Waals surface area contributed by atoms with Crippen LogP contribution in [0, 0.1) is 5.92 Å². The van der Waals surface area contributed by atoms with E-state index in [2.05, 4.69) is 0 Å². The lowest BCUT2D eigenvalue weighted by atomic mass is 10.1. The zero-order chi connectivity index (χ0) is 29.5. The van der Waals surface area contributed by atoms with Gasteiger partial charge in [-0.05, 0) is 63.6 Å². The van der Waals surface area contributed by atoms with Gasteiger partial charge in [0, 0.05) is 0 Å². The second-order valence-corrected chi connectivity index (χ2v) is 9.48. The van der Waals surface area contributed by atoms with Crippen LogP contribution in [0.4, 0.5) is 14.4 Å². The fraction of sp³-hybridized carbons (Fsp3) is 0.630. The average Bonchev–Trinajstić information content (AvgIpc) is 2.87. The van der Waals surface area contributed by atoms with Crippen molar-refractivity contribution in [1.82, 2.24) is 0 Å². The molecule has 12 heteroatoms. The van der Waals surface area contributed by atoms with Crippen LogP contribution < -0.4 is 15.2 Å². The van der Waals surface area contributed by atoms with Crippen molar-refractivity contribution in [3.63, 3.8) is 0 Å². The van der Waals surface area contributed by atoms with Gasteiger partial charge in [0.2, 0.25) is 0 Å². The number of benzene rings is 1. The molecule has 0 amide bonds. The van der Waals surface area contributed by atoms with E-state index in [1.165, 1.54) is 12.1 Å². The molecule has 1 aromatic rings. The number of nitrogens with two attached hydrogens (primary N) is 1. The van der Waals surface area contributed by atoms with Gasteiger partial charge in [-0.1, -0.05) is 33.8 Å². The number of rotatable bonds is 14. The highest BCUT2D eigenvalue weighted by molar-refractivity contribution is 5.76. The Kier molecular flexibility index (Phi) is 14.7. The summed E-state index contributed by atoms with van der Waals surface area (Å²) in [5.74, 6) is -0.789. The second kappa shape index (κ2) is 17.1. The molecule has 0 heterocycles. The number of carbonyl (C=O) groups is 4. The third kappa shape index (κ3) is 13.7. The minimum atomic E-state index is -1.10. The summed E-state index contributed by atoms with van der Waals surface area (Å²) in [5.41, 5.74) is 6.49. The van der Waals surface area contributed by atoms with Crippen LogP contribution in [0.15, 0.2) is 18.2 Å². The Morgan fingerprint density at radius 2 is 1.26 bits per heavy atom. The predicted octanol–water partition coefficient (Wildman–Crippen LogP) is 4.93. The second-order valence-electron chi connectivity index (χ2n) is 9.48. The van der Waals surface area contributed by atoms with Gasteiger partial charge in [0.1, 0.15) is 31.0 Å². The Bertz CT molecular complexity index is 950. The van der Waals surface area contributed by atoms with Crippen LogP contribution in [0.5, 0.6) is 11.5 Å².